The highest BCUT2D eigenvalue weighted by Gasteiger charge is 2.65. The van der Waals surface area contributed by atoms with E-state index in [0.29, 0.717) is 13.1 Å². The van der Waals surface area contributed by atoms with Gasteiger partial charge >= 0.3 is 10.2 Å². The molecule has 1 amide bonds. The van der Waals surface area contributed by atoms with Gasteiger partial charge in [-0.1, -0.05) is 19.4 Å². The molecule has 3 nitrogen and oxygen atoms in total. The smallest absolute Gasteiger partial charge is 0.310 e. The van der Waals surface area contributed by atoms with Gasteiger partial charge < -0.3 is 10.6 Å². The van der Waals surface area contributed by atoms with Crippen molar-refractivity contribution in [2.75, 3.05) is 18.8 Å². The zero-order valence-electron chi connectivity index (χ0n) is 10.3. The van der Waals surface area contributed by atoms with Gasteiger partial charge in [-0.3, -0.25) is 4.79 Å². The van der Waals surface area contributed by atoms with Crippen molar-refractivity contribution in [1.82, 2.24) is 4.90 Å². The van der Waals surface area contributed by atoms with Gasteiger partial charge in [-0.15, -0.1) is 0 Å². The number of anilines is 1. The fourth-order valence-corrected chi connectivity index (χ4v) is 2.78. The average molecular weight is 316 g/mol. The van der Waals surface area contributed by atoms with E-state index in [4.69, 9.17) is 5.73 Å². The van der Waals surface area contributed by atoms with E-state index >= 15 is 0 Å². The van der Waals surface area contributed by atoms with Crippen LogP contribution in [0, 0.1) is 0 Å². The van der Waals surface area contributed by atoms with Crippen molar-refractivity contribution in [3.05, 3.63) is 23.8 Å². The molecular formula is C11H13F5N2OS. The summed E-state index contributed by atoms with van der Waals surface area (Å²) in [7, 11) is -9.84. The Morgan fingerprint density at radius 3 is 2.10 bits per heavy atom. The Balaban J connectivity index is 2.47. The van der Waals surface area contributed by atoms with Crippen LogP contribution in [0.1, 0.15) is 23.2 Å². The van der Waals surface area contributed by atoms with E-state index in [2.05, 4.69) is 0 Å². The molecule has 0 aromatic heterocycles. The molecule has 2 rings (SSSR count). The molecule has 1 fully saturated rings. The zero-order chi connectivity index (χ0) is 15.2. The number of halogens is 5. The zero-order valence-corrected chi connectivity index (χ0v) is 11.1. The molecule has 1 aromatic rings. The van der Waals surface area contributed by atoms with Crippen molar-refractivity contribution in [1.29, 1.82) is 0 Å². The number of hydrogen-bond donors (Lipinski definition) is 1. The highest BCUT2D eigenvalue weighted by molar-refractivity contribution is 8.45. The number of nitrogens with two attached hydrogens (primary N) is 1. The molecule has 0 aliphatic carbocycles. The minimum atomic E-state index is -9.84. The van der Waals surface area contributed by atoms with E-state index in [1.165, 1.54) is 4.90 Å². The summed E-state index contributed by atoms with van der Waals surface area (Å²) in [6, 6.07) is 1.31. The van der Waals surface area contributed by atoms with Gasteiger partial charge in [0.15, 0.2) is 0 Å². The lowest BCUT2D eigenvalue weighted by Gasteiger charge is -2.40. The third kappa shape index (κ3) is 3.14. The summed E-state index contributed by atoms with van der Waals surface area (Å²) in [5, 5.41) is 0. The molecule has 0 bridgehead atoms. The van der Waals surface area contributed by atoms with Crippen molar-refractivity contribution >= 4 is 21.8 Å². The quantitative estimate of drug-likeness (QED) is 0.658. The first-order chi connectivity index (χ1) is 8.86. The summed E-state index contributed by atoms with van der Waals surface area (Å²) in [4.78, 5) is 11.1. The Bertz CT molecular complexity index is 566. The maximum atomic E-state index is 12.8. The molecule has 1 aromatic carbocycles. The fraction of sp³-hybridized carbons (Fsp3) is 0.364. The number of carbonyl (C=O) groups excluding carboxylic acids is 1. The lowest BCUT2D eigenvalue weighted by atomic mass is 10.2. The van der Waals surface area contributed by atoms with E-state index in [0.717, 1.165) is 18.9 Å². The van der Waals surface area contributed by atoms with Crippen molar-refractivity contribution in [3.63, 3.8) is 0 Å². The Labute approximate surface area is 112 Å². The molecule has 0 radical (unpaired) electrons. The van der Waals surface area contributed by atoms with Crippen LogP contribution in [0.5, 0.6) is 0 Å². The molecule has 9 heteroatoms. The predicted molar refractivity (Wildman–Crippen MR) is 67.4 cm³/mol. The van der Waals surface area contributed by atoms with Gasteiger partial charge in [0.2, 0.25) is 0 Å². The average Bonchev–Trinajstić information content (AvgIpc) is 2.77. The fourth-order valence-electron chi connectivity index (χ4n) is 2.07. The highest BCUT2D eigenvalue weighted by Crippen LogP contribution is 3.02. The number of rotatable bonds is 2. The number of carbonyl (C=O) groups is 1. The molecular weight excluding hydrogens is 303 g/mol. The Morgan fingerprint density at radius 2 is 1.60 bits per heavy atom. The molecule has 20 heavy (non-hydrogen) atoms. The first kappa shape index (κ1) is 14.9. The number of nitrogens with zero attached hydrogens (tertiary/aromatic N) is 1. The molecule has 1 saturated heterocycles. The number of likely N-dealkylation sites (tertiary alicyclic amines) is 1. The van der Waals surface area contributed by atoms with Crippen LogP contribution in [0.2, 0.25) is 0 Å². The molecule has 0 atom stereocenters. The Kier molecular flexibility index (Phi) is 2.81. The van der Waals surface area contributed by atoms with Gasteiger partial charge in [0.25, 0.3) is 5.91 Å². The maximum absolute atomic E-state index is 12.8. The van der Waals surface area contributed by atoms with Crippen LogP contribution in [0.15, 0.2) is 23.1 Å². The largest absolute Gasteiger partial charge is 0.399 e. The van der Waals surface area contributed by atoms with Gasteiger partial charge in [0, 0.05) is 24.3 Å². The van der Waals surface area contributed by atoms with E-state index in [-0.39, 0.29) is 12.1 Å². The summed E-state index contributed by atoms with van der Waals surface area (Å²) < 4.78 is 63.8. The molecule has 0 spiro atoms. The second-order valence-corrected chi connectivity index (χ2v) is 7.17. The maximum Gasteiger partial charge on any atom is 0.310 e. The third-order valence-electron chi connectivity index (χ3n) is 3.01. The van der Waals surface area contributed by atoms with Gasteiger partial charge in [0.1, 0.15) is 4.90 Å². The predicted octanol–water partition coefficient (Wildman–Crippen LogP) is 4.16. The molecule has 1 aliphatic rings. The standard InChI is InChI=1S/C11H13F5N2OS/c12-20(13,14,15,16)10-6-8(5-9(17)7-10)11(19)18-3-1-2-4-18/h5-7H,1-4,17H2. The summed E-state index contributed by atoms with van der Waals surface area (Å²) in [6.07, 6.45) is 1.48. The summed E-state index contributed by atoms with van der Waals surface area (Å²) in [5.74, 6) is -0.710. The van der Waals surface area contributed by atoms with Crippen LogP contribution in [0.4, 0.5) is 25.1 Å². The second-order valence-electron chi connectivity index (χ2n) is 4.76. The number of benzene rings is 1. The van der Waals surface area contributed by atoms with E-state index in [1.54, 1.807) is 0 Å². The first-order valence-electron chi connectivity index (χ1n) is 5.81. The summed E-state index contributed by atoms with van der Waals surface area (Å²) in [6.45, 7) is 0.804. The summed E-state index contributed by atoms with van der Waals surface area (Å²) >= 11 is 0. The second kappa shape index (κ2) is 3.78. The van der Waals surface area contributed by atoms with Crippen molar-refractivity contribution in [2.24, 2.45) is 0 Å². The highest BCUT2D eigenvalue weighted by atomic mass is 32.5. The molecule has 1 heterocycles. The molecule has 0 unspecified atom stereocenters. The van der Waals surface area contributed by atoms with Crippen molar-refractivity contribution in [3.8, 4) is 0 Å². The molecule has 114 valence electrons. The molecule has 1 aliphatic heterocycles. The third-order valence-corrected chi connectivity index (χ3v) is 4.14. The minimum absolute atomic E-state index is 0.155. The van der Waals surface area contributed by atoms with Crippen LogP contribution >= 0.6 is 10.2 Å². The van der Waals surface area contributed by atoms with E-state index in [1.807, 2.05) is 0 Å². The number of nitrogen functional groups attached to an aromatic ring is 1. The van der Waals surface area contributed by atoms with Crippen LogP contribution in [-0.4, -0.2) is 23.9 Å². The SMILES string of the molecule is Nc1cc(C(=O)N2CCCC2)cc(S(F)(F)(F)(F)F)c1. The van der Waals surface area contributed by atoms with Crippen molar-refractivity contribution < 1.29 is 24.2 Å². The Hall–Kier alpha value is -1.51. The number of amides is 1. The van der Waals surface area contributed by atoms with Gasteiger partial charge in [-0.2, -0.15) is 0 Å². The van der Waals surface area contributed by atoms with E-state index in [9.17, 15) is 24.2 Å². The van der Waals surface area contributed by atoms with Gasteiger partial charge in [-0.25, -0.2) is 0 Å². The van der Waals surface area contributed by atoms with Crippen LogP contribution in [-0.2, 0) is 0 Å². The van der Waals surface area contributed by atoms with Crippen molar-refractivity contribution in [2.45, 2.75) is 17.7 Å². The van der Waals surface area contributed by atoms with Crippen LogP contribution in [0.25, 0.3) is 0 Å². The monoisotopic (exact) mass is 316 g/mol. The van der Waals surface area contributed by atoms with E-state index < -0.39 is 32.3 Å². The minimum Gasteiger partial charge on any atom is -0.399 e. The summed E-state index contributed by atoms with van der Waals surface area (Å²) in [5.41, 5.74) is 4.25. The van der Waals surface area contributed by atoms with Crippen LogP contribution < -0.4 is 5.73 Å². The topological polar surface area (TPSA) is 46.3 Å². The van der Waals surface area contributed by atoms with Crippen LogP contribution in [0.3, 0.4) is 0 Å². The molecule has 0 saturated carbocycles. The molecule has 2 N–H and O–H groups in total. The van der Waals surface area contributed by atoms with Gasteiger partial charge in [0.05, 0.1) is 0 Å². The normalized spacial score (nSPS) is 19.6. The first-order valence-corrected chi connectivity index (χ1v) is 7.76. The lowest BCUT2D eigenvalue weighted by molar-refractivity contribution is 0.0792. The lowest BCUT2D eigenvalue weighted by Crippen LogP contribution is -2.28. The number of hydrogen-bond acceptors (Lipinski definition) is 2. The Morgan fingerprint density at radius 1 is 1.05 bits per heavy atom. The van der Waals surface area contributed by atoms with Gasteiger partial charge in [-0.05, 0) is 31.0 Å².